The highest BCUT2D eigenvalue weighted by atomic mass is 79.9. The molecule has 0 spiro atoms. The van der Waals surface area contributed by atoms with E-state index in [9.17, 15) is 9.59 Å². The second kappa shape index (κ2) is 5.35. The molecule has 1 aromatic heterocycles. The molecular formula is C9H9BrN2O3. The van der Waals surface area contributed by atoms with Crippen LogP contribution in [0.5, 0.6) is 0 Å². The third-order valence-corrected chi connectivity index (χ3v) is 1.99. The maximum absolute atomic E-state index is 11.4. The van der Waals surface area contributed by atoms with E-state index in [4.69, 9.17) is 5.11 Å². The van der Waals surface area contributed by atoms with E-state index in [1.165, 1.54) is 6.08 Å². The maximum atomic E-state index is 11.4. The van der Waals surface area contributed by atoms with Gasteiger partial charge >= 0.3 is 5.97 Å². The van der Waals surface area contributed by atoms with Gasteiger partial charge in [-0.25, -0.2) is 4.79 Å². The van der Waals surface area contributed by atoms with Crippen LogP contribution in [-0.2, 0) is 4.79 Å². The summed E-state index contributed by atoms with van der Waals surface area (Å²) in [5.74, 6) is -1.32. The third kappa shape index (κ3) is 3.99. The molecule has 5 nitrogen and oxygen atoms in total. The molecule has 0 atom stereocenters. The van der Waals surface area contributed by atoms with Gasteiger partial charge in [0.25, 0.3) is 5.91 Å². The monoisotopic (exact) mass is 272 g/mol. The van der Waals surface area contributed by atoms with Crippen molar-refractivity contribution < 1.29 is 14.7 Å². The van der Waals surface area contributed by atoms with Gasteiger partial charge in [-0.1, -0.05) is 6.08 Å². The first-order valence-electron chi connectivity index (χ1n) is 4.11. The molecule has 0 fully saturated rings. The molecule has 0 unspecified atom stereocenters. The van der Waals surface area contributed by atoms with E-state index in [2.05, 4.69) is 26.2 Å². The number of rotatable bonds is 4. The summed E-state index contributed by atoms with van der Waals surface area (Å²) in [6, 6.07) is 1.64. The van der Waals surface area contributed by atoms with Crippen LogP contribution in [0, 0.1) is 0 Å². The Balaban J connectivity index is 2.40. The Morgan fingerprint density at radius 2 is 2.33 bits per heavy atom. The predicted octanol–water partition coefficient (Wildman–Crippen LogP) is 1.15. The number of nitrogens with one attached hydrogen (secondary N) is 2. The summed E-state index contributed by atoms with van der Waals surface area (Å²) >= 11 is 3.20. The number of aliphatic carboxylic acids is 1. The molecule has 0 radical (unpaired) electrons. The molecule has 0 aromatic carbocycles. The lowest BCUT2D eigenvalue weighted by Gasteiger charge is -1.98. The molecule has 0 aliphatic carbocycles. The Bertz CT molecular complexity index is 398. The summed E-state index contributed by atoms with van der Waals surface area (Å²) in [6.07, 6.45) is 3.98. The minimum atomic E-state index is -1.04. The summed E-state index contributed by atoms with van der Waals surface area (Å²) in [6.45, 7) is 0.182. The van der Waals surface area contributed by atoms with E-state index in [1.54, 1.807) is 12.3 Å². The van der Waals surface area contributed by atoms with Gasteiger partial charge in [-0.05, 0) is 22.0 Å². The standard InChI is InChI=1S/C9H9BrN2O3/c10-6-4-7(12-5-6)9(15)11-3-1-2-8(13)14/h1-2,4-5,12H,3H2,(H,11,15)(H,13,14). The highest BCUT2D eigenvalue weighted by Gasteiger charge is 2.05. The smallest absolute Gasteiger partial charge is 0.328 e. The number of halogens is 1. The Hall–Kier alpha value is -1.56. The van der Waals surface area contributed by atoms with Gasteiger partial charge in [0.1, 0.15) is 5.69 Å². The Labute approximate surface area is 94.3 Å². The molecule has 0 aliphatic heterocycles. The molecule has 0 saturated carbocycles. The van der Waals surface area contributed by atoms with E-state index >= 15 is 0 Å². The van der Waals surface area contributed by atoms with Gasteiger partial charge in [0.15, 0.2) is 0 Å². The Kier molecular flexibility index (Phi) is 4.11. The largest absolute Gasteiger partial charge is 0.478 e. The highest BCUT2D eigenvalue weighted by molar-refractivity contribution is 9.10. The van der Waals surface area contributed by atoms with Crippen LogP contribution in [0.1, 0.15) is 10.5 Å². The van der Waals surface area contributed by atoms with E-state index in [1.807, 2.05) is 0 Å². The Morgan fingerprint density at radius 3 is 2.87 bits per heavy atom. The van der Waals surface area contributed by atoms with Crippen molar-refractivity contribution in [1.29, 1.82) is 0 Å². The van der Waals surface area contributed by atoms with Crippen LogP contribution in [0.15, 0.2) is 28.9 Å². The fraction of sp³-hybridized carbons (Fsp3) is 0.111. The lowest BCUT2D eigenvalue weighted by atomic mass is 10.4. The molecule has 0 aliphatic rings. The van der Waals surface area contributed by atoms with Gasteiger partial charge in [0.05, 0.1) is 0 Å². The molecular weight excluding hydrogens is 264 g/mol. The van der Waals surface area contributed by atoms with Crippen molar-refractivity contribution in [2.24, 2.45) is 0 Å². The zero-order valence-electron chi connectivity index (χ0n) is 7.66. The number of carboxylic acid groups (broad SMARTS) is 1. The fourth-order valence-electron chi connectivity index (χ4n) is 0.906. The molecule has 15 heavy (non-hydrogen) atoms. The quantitative estimate of drug-likeness (QED) is 0.719. The molecule has 1 amide bonds. The molecule has 6 heteroatoms. The normalized spacial score (nSPS) is 10.5. The first-order valence-corrected chi connectivity index (χ1v) is 4.90. The summed E-state index contributed by atoms with van der Waals surface area (Å²) in [7, 11) is 0. The minimum absolute atomic E-state index is 0.182. The van der Waals surface area contributed by atoms with Crippen LogP contribution in [0.3, 0.4) is 0 Å². The number of carboxylic acids is 1. The van der Waals surface area contributed by atoms with E-state index in [0.717, 1.165) is 10.5 Å². The van der Waals surface area contributed by atoms with Gasteiger partial charge in [0.2, 0.25) is 0 Å². The lowest BCUT2D eigenvalue weighted by Crippen LogP contribution is -2.23. The Morgan fingerprint density at radius 1 is 1.60 bits per heavy atom. The number of hydrogen-bond acceptors (Lipinski definition) is 2. The topological polar surface area (TPSA) is 82.2 Å². The summed E-state index contributed by atoms with van der Waals surface area (Å²) in [5, 5.41) is 10.8. The lowest BCUT2D eigenvalue weighted by molar-refractivity contribution is -0.131. The van der Waals surface area contributed by atoms with Crippen molar-refractivity contribution in [3.05, 3.63) is 34.6 Å². The van der Waals surface area contributed by atoms with Crippen LogP contribution >= 0.6 is 15.9 Å². The van der Waals surface area contributed by atoms with Crippen molar-refractivity contribution >= 4 is 27.8 Å². The van der Waals surface area contributed by atoms with Crippen molar-refractivity contribution in [1.82, 2.24) is 10.3 Å². The molecule has 3 N–H and O–H groups in total. The summed E-state index contributed by atoms with van der Waals surface area (Å²) in [4.78, 5) is 24.2. The van der Waals surface area contributed by atoms with Crippen molar-refractivity contribution in [2.45, 2.75) is 0 Å². The van der Waals surface area contributed by atoms with Crippen LogP contribution in [-0.4, -0.2) is 28.5 Å². The molecule has 80 valence electrons. The van der Waals surface area contributed by atoms with Crippen LogP contribution in [0.4, 0.5) is 0 Å². The van der Waals surface area contributed by atoms with Gasteiger partial charge in [-0.3, -0.25) is 4.79 Å². The number of amides is 1. The van der Waals surface area contributed by atoms with Crippen LogP contribution < -0.4 is 5.32 Å². The van der Waals surface area contributed by atoms with Gasteiger partial charge < -0.3 is 15.4 Å². The molecule has 1 rings (SSSR count). The van der Waals surface area contributed by atoms with Gasteiger partial charge in [-0.2, -0.15) is 0 Å². The second-order valence-corrected chi connectivity index (χ2v) is 3.60. The predicted molar refractivity (Wildman–Crippen MR) is 57.6 cm³/mol. The summed E-state index contributed by atoms with van der Waals surface area (Å²) in [5.41, 5.74) is 0.422. The first kappa shape index (κ1) is 11.5. The zero-order chi connectivity index (χ0) is 11.3. The number of aromatic amines is 1. The van der Waals surface area contributed by atoms with E-state index in [-0.39, 0.29) is 12.5 Å². The highest BCUT2D eigenvalue weighted by Crippen LogP contribution is 2.09. The number of hydrogen-bond donors (Lipinski definition) is 3. The molecule has 0 bridgehead atoms. The SMILES string of the molecule is O=C(O)C=CCNC(=O)c1cc(Br)c[nH]1. The second-order valence-electron chi connectivity index (χ2n) is 2.68. The summed E-state index contributed by atoms with van der Waals surface area (Å²) < 4.78 is 0.786. The molecule has 0 saturated heterocycles. The van der Waals surface area contributed by atoms with Crippen molar-refractivity contribution in [3.8, 4) is 0 Å². The number of aromatic nitrogens is 1. The minimum Gasteiger partial charge on any atom is -0.478 e. The molecule has 1 aromatic rings. The zero-order valence-corrected chi connectivity index (χ0v) is 9.24. The fourth-order valence-corrected chi connectivity index (χ4v) is 1.25. The first-order chi connectivity index (χ1) is 7.09. The van der Waals surface area contributed by atoms with E-state index in [0.29, 0.717) is 5.69 Å². The third-order valence-electron chi connectivity index (χ3n) is 1.53. The number of H-pyrrole nitrogens is 1. The number of carbonyl (C=O) groups is 2. The van der Waals surface area contributed by atoms with Crippen molar-refractivity contribution in [2.75, 3.05) is 6.54 Å². The van der Waals surface area contributed by atoms with Crippen molar-refractivity contribution in [3.63, 3.8) is 0 Å². The number of carbonyl (C=O) groups excluding carboxylic acids is 1. The van der Waals surface area contributed by atoms with Crippen LogP contribution in [0.25, 0.3) is 0 Å². The van der Waals surface area contributed by atoms with Gasteiger partial charge in [0, 0.05) is 23.3 Å². The average molecular weight is 273 g/mol. The van der Waals surface area contributed by atoms with Crippen LogP contribution in [0.2, 0.25) is 0 Å². The van der Waals surface area contributed by atoms with E-state index < -0.39 is 5.97 Å². The average Bonchev–Trinajstić information content (AvgIpc) is 2.59. The van der Waals surface area contributed by atoms with Gasteiger partial charge in [-0.15, -0.1) is 0 Å². The molecule has 1 heterocycles. The maximum Gasteiger partial charge on any atom is 0.328 e.